The van der Waals surface area contributed by atoms with Crippen molar-refractivity contribution in [1.82, 2.24) is 34.5 Å². The van der Waals surface area contributed by atoms with E-state index in [0.29, 0.717) is 37.9 Å². The maximum absolute atomic E-state index is 13.3. The summed E-state index contributed by atoms with van der Waals surface area (Å²) < 4.78 is 66.4. The molecular formula is C28H31F5N8. The number of alkyl halides is 5. The average molecular weight is 575 g/mol. The summed E-state index contributed by atoms with van der Waals surface area (Å²) in [6, 6.07) is 7.79. The zero-order chi connectivity index (χ0) is 28.9. The summed E-state index contributed by atoms with van der Waals surface area (Å²) in [6.45, 7) is 5.20. The Labute approximate surface area is 233 Å². The lowest BCUT2D eigenvalue weighted by atomic mass is 10.0. The number of pyridine rings is 1. The molecule has 1 aromatic carbocycles. The summed E-state index contributed by atoms with van der Waals surface area (Å²) in [6.07, 6.45) is 0.912. The molecule has 2 N–H and O–H groups in total. The second-order valence-electron chi connectivity index (χ2n) is 11.1. The molecule has 0 amide bonds. The van der Waals surface area contributed by atoms with Crippen molar-refractivity contribution < 1.29 is 22.0 Å². The van der Waals surface area contributed by atoms with Crippen LogP contribution in [0, 0.1) is 12.8 Å². The fourth-order valence-electron chi connectivity index (χ4n) is 5.50. The van der Waals surface area contributed by atoms with Gasteiger partial charge in [0.15, 0.2) is 0 Å². The smallest absolute Gasteiger partial charge is 0.324 e. The highest BCUT2D eigenvalue weighted by Crippen LogP contribution is 2.49. The molecule has 3 aromatic heterocycles. The van der Waals surface area contributed by atoms with E-state index >= 15 is 0 Å². The number of nitrogens with one attached hydrogen (secondary N) is 2. The zero-order valence-electron chi connectivity index (χ0n) is 22.7. The number of aromatic nitrogens is 5. The summed E-state index contributed by atoms with van der Waals surface area (Å²) in [5.74, 6) is -2.12. The van der Waals surface area contributed by atoms with Crippen molar-refractivity contribution >= 4 is 22.8 Å². The fraction of sp³-hybridized carbons (Fsp3) is 0.464. The Hall–Kier alpha value is -3.58. The largest absolute Gasteiger partial charge is 0.401 e. The third-order valence-corrected chi connectivity index (χ3v) is 8.01. The lowest BCUT2D eigenvalue weighted by Crippen LogP contribution is -2.49. The average Bonchev–Trinajstić information content (AvgIpc) is 3.23. The molecule has 2 aliphatic rings. The van der Waals surface area contributed by atoms with Crippen LogP contribution in [0.5, 0.6) is 0 Å². The molecule has 4 heterocycles. The monoisotopic (exact) mass is 574 g/mol. The zero-order valence-corrected chi connectivity index (χ0v) is 22.7. The minimum Gasteiger partial charge on any atom is -0.324 e. The van der Waals surface area contributed by atoms with E-state index in [-0.39, 0.29) is 19.0 Å². The van der Waals surface area contributed by atoms with E-state index in [1.165, 1.54) is 4.90 Å². The van der Waals surface area contributed by atoms with E-state index in [1.807, 2.05) is 38.1 Å². The first kappa shape index (κ1) is 27.6. The van der Waals surface area contributed by atoms with Gasteiger partial charge in [0.2, 0.25) is 5.95 Å². The number of rotatable bonds is 8. The highest BCUT2D eigenvalue weighted by molar-refractivity contribution is 5.85. The van der Waals surface area contributed by atoms with Crippen LogP contribution in [-0.2, 0) is 6.54 Å². The summed E-state index contributed by atoms with van der Waals surface area (Å²) in [5, 5.41) is 7.50. The number of halogens is 5. The van der Waals surface area contributed by atoms with Gasteiger partial charge in [-0.1, -0.05) is 0 Å². The predicted molar refractivity (Wildman–Crippen MR) is 145 cm³/mol. The third kappa shape index (κ3) is 6.20. The van der Waals surface area contributed by atoms with E-state index in [0.717, 1.165) is 33.3 Å². The van der Waals surface area contributed by atoms with Crippen LogP contribution in [0.25, 0.3) is 22.2 Å². The van der Waals surface area contributed by atoms with Crippen molar-refractivity contribution in [1.29, 1.82) is 0 Å². The normalized spacial score (nSPS) is 20.4. The minimum atomic E-state index is -4.18. The molecule has 0 spiro atoms. The molecule has 1 aliphatic heterocycles. The van der Waals surface area contributed by atoms with Crippen molar-refractivity contribution in [3.63, 3.8) is 0 Å². The predicted octanol–water partition coefficient (Wildman–Crippen LogP) is 5.77. The van der Waals surface area contributed by atoms with Crippen molar-refractivity contribution in [3.05, 3.63) is 54.0 Å². The summed E-state index contributed by atoms with van der Waals surface area (Å²) >= 11 is 0. The summed E-state index contributed by atoms with van der Waals surface area (Å²) in [4.78, 5) is 16.0. The van der Waals surface area contributed by atoms with Crippen LogP contribution < -0.4 is 5.32 Å². The van der Waals surface area contributed by atoms with Crippen LogP contribution in [0.15, 0.2) is 42.9 Å². The molecule has 0 radical (unpaired) electrons. The Morgan fingerprint density at radius 2 is 1.90 bits per heavy atom. The molecule has 218 valence electrons. The minimum absolute atomic E-state index is 0.0135. The van der Waals surface area contributed by atoms with Crippen molar-refractivity contribution in [2.45, 2.75) is 45.0 Å². The SMILES string of the molecule is Cc1cc2[nH]c(Nc3cc(C(C)N4CCN(CC(F)(F)F)CC4)ccn3)nc2cc1-c1cnn(CC2CC2(F)F)c1. The molecule has 1 saturated carbocycles. The van der Waals surface area contributed by atoms with Gasteiger partial charge in [-0.05, 0) is 54.8 Å². The van der Waals surface area contributed by atoms with Crippen LogP contribution in [0.3, 0.4) is 0 Å². The maximum Gasteiger partial charge on any atom is 0.401 e. The van der Waals surface area contributed by atoms with E-state index in [2.05, 4.69) is 30.3 Å². The lowest BCUT2D eigenvalue weighted by molar-refractivity contribution is -0.149. The van der Waals surface area contributed by atoms with Crippen LogP contribution in [0.4, 0.5) is 33.7 Å². The highest BCUT2D eigenvalue weighted by Gasteiger charge is 2.56. The molecular weight excluding hydrogens is 543 g/mol. The Kier molecular flexibility index (Phi) is 6.97. The molecule has 2 atom stereocenters. The third-order valence-electron chi connectivity index (χ3n) is 8.01. The molecule has 4 aromatic rings. The number of H-pyrrole nitrogens is 1. The maximum atomic E-state index is 13.3. The molecule has 13 heteroatoms. The fourth-order valence-corrected chi connectivity index (χ4v) is 5.50. The standard InChI is InChI=1S/C28H31F5N8/c1-17-9-23-24(11-22(17)20-13-35-41(14-20)15-21-12-27(21,29)30)37-26(36-23)38-25-10-19(3-4-34-25)18(2)40-7-5-39(6-8-40)16-28(31,32)33/h3-4,9-11,13-14,18,21H,5-8,12,15-16H2,1-2H3,(H2,34,36,37,38). The second-order valence-corrected chi connectivity index (χ2v) is 11.1. The highest BCUT2D eigenvalue weighted by atomic mass is 19.4. The number of benzene rings is 1. The van der Waals surface area contributed by atoms with Crippen molar-refractivity contribution in [2.75, 3.05) is 38.0 Å². The van der Waals surface area contributed by atoms with Crippen LogP contribution >= 0.6 is 0 Å². The van der Waals surface area contributed by atoms with Crippen molar-refractivity contribution in [3.8, 4) is 11.1 Å². The molecule has 2 fully saturated rings. The van der Waals surface area contributed by atoms with Gasteiger partial charge in [0.05, 0.1) is 23.8 Å². The van der Waals surface area contributed by atoms with Crippen LogP contribution in [0.2, 0.25) is 0 Å². The van der Waals surface area contributed by atoms with E-state index in [4.69, 9.17) is 0 Å². The molecule has 0 bridgehead atoms. The van der Waals surface area contributed by atoms with Gasteiger partial charge in [0, 0.05) is 69.1 Å². The summed E-state index contributed by atoms with van der Waals surface area (Å²) in [5.41, 5.74) is 5.33. The number of aromatic amines is 1. The molecule has 41 heavy (non-hydrogen) atoms. The van der Waals surface area contributed by atoms with Gasteiger partial charge >= 0.3 is 6.18 Å². The van der Waals surface area contributed by atoms with E-state index < -0.39 is 24.6 Å². The molecule has 1 saturated heterocycles. The van der Waals surface area contributed by atoms with E-state index in [9.17, 15) is 22.0 Å². The number of piperazine rings is 1. The molecule has 8 nitrogen and oxygen atoms in total. The number of nitrogens with zero attached hydrogens (tertiary/aromatic N) is 6. The van der Waals surface area contributed by atoms with Crippen LogP contribution in [0.1, 0.15) is 30.5 Å². The molecule has 6 rings (SSSR count). The van der Waals surface area contributed by atoms with Crippen LogP contribution in [-0.4, -0.2) is 79.4 Å². The Bertz CT molecular complexity index is 1540. The number of anilines is 2. The Morgan fingerprint density at radius 3 is 2.61 bits per heavy atom. The first-order valence-corrected chi connectivity index (χ1v) is 13.6. The van der Waals surface area contributed by atoms with Gasteiger partial charge in [0.25, 0.3) is 5.92 Å². The number of fused-ring (bicyclic) bond motifs is 1. The van der Waals surface area contributed by atoms with Gasteiger partial charge in [0.1, 0.15) is 5.82 Å². The van der Waals surface area contributed by atoms with Gasteiger partial charge < -0.3 is 10.3 Å². The number of aryl methyl sites for hydroxylation is 1. The van der Waals surface area contributed by atoms with Crippen molar-refractivity contribution in [2.24, 2.45) is 5.92 Å². The summed E-state index contributed by atoms with van der Waals surface area (Å²) in [7, 11) is 0. The first-order valence-electron chi connectivity index (χ1n) is 13.6. The molecule has 2 unspecified atom stereocenters. The molecule has 1 aliphatic carbocycles. The Balaban J connectivity index is 1.13. The Morgan fingerprint density at radius 1 is 1.15 bits per heavy atom. The number of imidazole rings is 1. The quantitative estimate of drug-likeness (QED) is 0.260. The topological polar surface area (TPSA) is 77.9 Å². The van der Waals surface area contributed by atoms with Gasteiger partial charge in [-0.15, -0.1) is 0 Å². The van der Waals surface area contributed by atoms with Gasteiger partial charge in [-0.2, -0.15) is 18.3 Å². The number of hydrogen-bond donors (Lipinski definition) is 2. The first-order chi connectivity index (χ1) is 19.4. The number of hydrogen-bond acceptors (Lipinski definition) is 6. The second kappa shape index (κ2) is 10.4. The van der Waals surface area contributed by atoms with Gasteiger partial charge in [-0.25, -0.2) is 18.7 Å². The van der Waals surface area contributed by atoms with E-state index in [1.54, 1.807) is 23.3 Å². The van der Waals surface area contributed by atoms with Gasteiger partial charge in [-0.3, -0.25) is 14.5 Å². The lowest BCUT2D eigenvalue weighted by Gasteiger charge is -2.38.